The Morgan fingerprint density at radius 2 is 1.86 bits per heavy atom. The number of methoxy groups -OCH3 is 1. The SMILES string of the molecule is COc1ccc(OCCCC(=O)Nc2cccc(Cl)c2)cc1. The summed E-state index contributed by atoms with van der Waals surface area (Å²) in [5.74, 6) is 1.49. The molecule has 0 saturated carbocycles. The van der Waals surface area contributed by atoms with E-state index in [9.17, 15) is 4.79 Å². The monoisotopic (exact) mass is 319 g/mol. The van der Waals surface area contributed by atoms with Crippen LogP contribution < -0.4 is 14.8 Å². The number of hydrogen-bond acceptors (Lipinski definition) is 3. The average molecular weight is 320 g/mol. The highest BCUT2D eigenvalue weighted by molar-refractivity contribution is 6.30. The standard InChI is InChI=1S/C17H18ClNO3/c1-21-15-7-9-16(10-8-15)22-11-3-6-17(20)19-14-5-2-4-13(18)12-14/h2,4-5,7-10,12H,3,6,11H2,1H3,(H,19,20). The van der Waals surface area contributed by atoms with Gasteiger partial charge in [0.2, 0.25) is 5.91 Å². The van der Waals surface area contributed by atoms with Gasteiger partial charge < -0.3 is 14.8 Å². The van der Waals surface area contributed by atoms with E-state index in [0.29, 0.717) is 30.2 Å². The summed E-state index contributed by atoms with van der Waals surface area (Å²) < 4.78 is 10.6. The van der Waals surface area contributed by atoms with Gasteiger partial charge in [0.05, 0.1) is 13.7 Å². The van der Waals surface area contributed by atoms with Crippen LogP contribution in [-0.2, 0) is 4.79 Å². The van der Waals surface area contributed by atoms with Crippen molar-refractivity contribution in [3.8, 4) is 11.5 Å². The molecule has 1 amide bonds. The number of nitrogens with one attached hydrogen (secondary N) is 1. The summed E-state index contributed by atoms with van der Waals surface area (Å²) in [7, 11) is 1.62. The third-order valence-corrected chi connectivity index (χ3v) is 3.22. The van der Waals surface area contributed by atoms with E-state index in [2.05, 4.69) is 5.32 Å². The molecule has 0 heterocycles. The summed E-state index contributed by atoms with van der Waals surface area (Å²) in [6, 6.07) is 14.4. The van der Waals surface area contributed by atoms with E-state index in [1.54, 1.807) is 31.4 Å². The van der Waals surface area contributed by atoms with E-state index in [1.807, 2.05) is 24.3 Å². The third-order valence-electron chi connectivity index (χ3n) is 2.98. The van der Waals surface area contributed by atoms with Crippen LogP contribution in [0.2, 0.25) is 5.02 Å². The van der Waals surface area contributed by atoms with Gasteiger partial charge in [-0.05, 0) is 48.9 Å². The first-order valence-corrected chi connectivity index (χ1v) is 7.37. The molecule has 5 heteroatoms. The second kappa shape index (κ2) is 8.29. The lowest BCUT2D eigenvalue weighted by Crippen LogP contribution is -2.12. The van der Waals surface area contributed by atoms with Gasteiger partial charge in [0, 0.05) is 17.1 Å². The second-order valence-corrected chi connectivity index (χ2v) is 5.12. The lowest BCUT2D eigenvalue weighted by molar-refractivity contribution is -0.116. The quantitative estimate of drug-likeness (QED) is 0.780. The maximum atomic E-state index is 11.8. The minimum atomic E-state index is -0.0550. The van der Waals surface area contributed by atoms with Crippen molar-refractivity contribution in [3.05, 3.63) is 53.6 Å². The van der Waals surface area contributed by atoms with Crippen LogP contribution in [0.15, 0.2) is 48.5 Å². The second-order valence-electron chi connectivity index (χ2n) is 4.69. The van der Waals surface area contributed by atoms with E-state index in [1.165, 1.54) is 0 Å². The summed E-state index contributed by atoms with van der Waals surface area (Å²) in [6.45, 7) is 0.481. The zero-order chi connectivity index (χ0) is 15.8. The van der Waals surface area contributed by atoms with Gasteiger partial charge in [-0.3, -0.25) is 4.79 Å². The Bertz CT molecular complexity index is 614. The van der Waals surface area contributed by atoms with Crippen molar-refractivity contribution in [2.75, 3.05) is 19.0 Å². The Labute approximate surface area is 135 Å². The molecule has 0 radical (unpaired) electrons. The van der Waals surface area contributed by atoms with Gasteiger partial charge in [0.25, 0.3) is 0 Å². The van der Waals surface area contributed by atoms with Crippen molar-refractivity contribution in [2.24, 2.45) is 0 Å². The van der Waals surface area contributed by atoms with Gasteiger partial charge in [0.1, 0.15) is 11.5 Å². The van der Waals surface area contributed by atoms with Crippen LogP contribution in [0.5, 0.6) is 11.5 Å². The molecule has 0 atom stereocenters. The summed E-state index contributed by atoms with van der Waals surface area (Å²) >= 11 is 5.86. The van der Waals surface area contributed by atoms with Crippen LogP contribution in [0.4, 0.5) is 5.69 Å². The molecule has 0 aliphatic carbocycles. The molecule has 1 N–H and O–H groups in total. The minimum absolute atomic E-state index is 0.0550. The number of benzene rings is 2. The van der Waals surface area contributed by atoms with E-state index in [-0.39, 0.29) is 5.91 Å². The minimum Gasteiger partial charge on any atom is -0.497 e. The normalized spacial score (nSPS) is 10.1. The van der Waals surface area contributed by atoms with Gasteiger partial charge in [-0.25, -0.2) is 0 Å². The third kappa shape index (κ3) is 5.30. The maximum absolute atomic E-state index is 11.8. The number of anilines is 1. The maximum Gasteiger partial charge on any atom is 0.224 e. The fraction of sp³-hybridized carbons (Fsp3) is 0.235. The lowest BCUT2D eigenvalue weighted by Gasteiger charge is -2.08. The number of carbonyl (C=O) groups excluding carboxylic acids is 1. The number of amides is 1. The molecule has 116 valence electrons. The summed E-state index contributed by atoms with van der Waals surface area (Å²) in [5.41, 5.74) is 0.702. The molecule has 2 rings (SSSR count). The molecule has 2 aromatic rings. The number of hydrogen-bond donors (Lipinski definition) is 1. The van der Waals surface area contributed by atoms with E-state index < -0.39 is 0 Å². The molecule has 0 fully saturated rings. The number of halogens is 1. The van der Waals surface area contributed by atoms with E-state index in [4.69, 9.17) is 21.1 Å². The van der Waals surface area contributed by atoms with Gasteiger partial charge in [0.15, 0.2) is 0 Å². The topological polar surface area (TPSA) is 47.6 Å². The van der Waals surface area contributed by atoms with Gasteiger partial charge >= 0.3 is 0 Å². The predicted octanol–water partition coefficient (Wildman–Crippen LogP) is 4.15. The van der Waals surface area contributed by atoms with Crippen LogP contribution in [0.1, 0.15) is 12.8 Å². The van der Waals surface area contributed by atoms with Crippen molar-refractivity contribution in [2.45, 2.75) is 12.8 Å². The molecule has 0 spiro atoms. The Hall–Kier alpha value is -2.20. The fourth-order valence-electron chi connectivity index (χ4n) is 1.88. The molecule has 0 bridgehead atoms. The zero-order valence-electron chi connectivity index (χ0n) is 12.3. The molecule has 0 saturated heterocycles. The van der Waals surface area contributed by atoms with Crippen molar-refractivity contribution in [1.82, 2.24) is 0 Å². The smallest absolute Gasteiger partial charge is 0.224 e. The van der Waals surface area contributed by atoms with Crippen LogP contribution in [0.25, 0.3) is 0 Å². The molecule has 2 aromatic carbocycles. The number of ether oxygens (including phenoxy) is 2. The van der Waals surface area contributed by atoms with Crippen LogP contribution in [0, 0.1) is 0 Å². The fourth-order valence-corrected chi connectivity index (χ4v) is 2.07. The molecule has 0 aromatic heterocycles. The highest BCUT2D eigenvalue weighted by atomic mass is 35.5. The Morgan fingerprint density at radius 3 is 2.55 bits per heavy atom. The zero-order valence-corrected chi connectivity index (χ0v) is 13.1. The number of rotatable bonds is 7. The molecule has 4 nitrogen and oxygen atoms in total. The first kappa shape index (κ1) is 16.2. The Kier molecular flexibility index (Phi) is 6.10. The highest BCUT2D eigenvalue weighted by Crippen LogP contribution is 2.17. The summed E-state index contributed by atoms with van der Waals surface area (Å²) in [5, 5.41) is 3.40. The molecular weight excluding hydrogens is 302 g/mol. The van der Waals surface area contributed by atoms with Crippen LogP contribution in [0.3, 0.4) is 0 Å². The average Bonchev–Trinajstić information content (AvgIpc) is 2.52. The van der Waals surface area contributed by atoms with E-state index in [0.717, 1.165) is 11.5 Å². The first-order valence-electron chi connectivity index (χ1n) is 6.99. The summed E-state index contributed by atoms with van der Waals surface area (Å²) in [4.78, 5) is 11.8. The molecule has 0 aliphatic rings. The molecule has 0 unspecified atom stereocenters. The van der Waals surface area contributed by atoms with Gasteiger partial charge in [-0.1, -0.05) is 17.7 Å². The van der Waals surface area contributed by atoms with Gasteiger partial charge in [-0.2, -0.15) is 0 Å². The van der Waals surface area contributed by atoms with Crippen molar-refractivity contribution in [3.63, 3.8) is 0 Å². The molecular formula is C17H18ClNO3. The lowest BCUT2D eigenvalue weighted by atomic mass is 10.2. The van der Waals surface area contributed by atoms with Crippen molar-refractivity contribution >= 4 is 23.2 Å². The van der Waals surface area contributed by atoms with Crippen LogP contribution >= 0.6 is 11.6 Å². The molecule has 0 aliphatic heterocycles. The van der Waals surface area contributed by atoms with Crippen LogP contribution in [-0.4, -0.2) is 19.6 Å². The van der Waals surface area contributed by atoms with Crippen molar-refractivity contribution < 1.29 is 14.3 Å². The summed E-state index contributed by atoms with van der Waals surface area (Å²) in [6.07, 6.45) is 1.03. The Balaban J connectivity index is 1.68. The molecule has 22 heavy (non-hydrogen) atoms. The van der Waals surface area contributed by atoms with E-state index >= 15 is 0 Å². The number of carbonyl (C=O) groups is 1. The largest absolute Gasteiger partial charge is 0.497 e. The Morgan fingerprint density at radius 1 is 1.14 bits per heavy atom. The predicted molar refractivity (Wildman–Crippen MR) is 87.8 cm³/mol. The van der Waals surface area contributed by atoms with Gasteiger partial charge in [-0.15, -0.1) is 0 Å². The highest BCUT2D eigenvalue weighted by Gasteiger charge is 2.03. The van der Waals surface area contributed by atoms with Crippen molar-refractivity contribution in [1.29, 1.82) is 0 Å². The first-order chi connectivity index (χ1) is 10.7.